The first-order valence-corrected chi connectivity index (χ1v) is 10.2. The van der Waals surface area contributed by atoms with Crippen molar-refractivity contribution < 1.29 is 4.42 Å². The molecule has 0 fully saturated rings. The summed E-state index contributed by atoms with van der Waals surface area (Å²) >= 11 is 12.1. The van der Waals surface area contributed by atoms with Gasteiger partial charge < -0.3 is 4.42 Å². The minimum atomic E-state index is 0.335. The van der Waals surface area contributed by atoms with Crippen LogP contribution in [0.1, 0.15) is 5.89 Å². The number of hydrogen-bond acceptors (Lipinski definition) is 5. The Morgan fingerprint density at radius 1 is 0.839 bits per heavy atom. The number of aromatic nitrogens is 5. The molecule has 0 spiro atoms. The highest BCUT2D eigenvalue weighted by atomic mass is 35.5. The highest BCUT2D eigenvalue weighted by Crippen LogP contribution is 2.34. The highest BCUT2D eigenvalue weighted by molar-refractivity contribution is 6.31. The number of benzene rings is 2. The number of halogens is 2. The van der Waals surface area contributed by atoms with Crippen LogP contribution in [-0.4, -0.2) is 25.0 Å². The van der Waals surface area contributed by atoms with Gasteiger partial charge in [-0.3, -0.25) is 4.98 Å². The van der Waals surface area contributed by atoms with Crippen LogP contribution in [0.15, 0.2) is 83.7 Å². The van der Waals surface area contributed by atoms with Crippen LogP contribution >= 0.6 is 23.2 Å². The largest absolute Gasteiger partial charge is 0.438 e. The fourth-order valence-corrected chi connectivity index (χ4v) is 3.45. The van der Waals surface area contributed by atoms with Crippen molar-refractivity contribution in [3.63, 3.8) is 0 Å². The first-order chi connectivity index (χ1) is 15.2. The van der Waals surface area contributed by atoms with Gasteiger partial charge in [0.2, 0.25) is 5.89 Å². The van der Waals surface area contributed by atoms with Crippen LogP contribution in [0.4, 0.5) is 0 Å². The van der Waals surface area contributed by atoms with E-state index in [4.69, 9.17) is 32.6 Å². The Morgan fingerprint density at radius 2 is 1.55 bits per heavy atom. The van der Waals surface area contributed by atoms with Gasteiger partial charge in [-0.1, -0.05) is 40.5 Å². The lowest BCUT2D eigenvalue weighted by Gasteiger charge is -2.02. The maximum absolute atomic E-state index is 6.16. The van der Waals surface area contributed by atoms with Crippen molar-refractivity contribution >= 4 is 23.2 Å². The second-order valence-electron chi connectivity index (χ2n) is 6.84. The molecule has 0 N–H and O–H groups in total. The molecule has 0 atom stereocenters. The molecule has 3 aromatic heterocycles. The molecular weight excluding hydrogens is 433 g/mol. The van der Waals surface area contributed by atoms with Crippen LogP contribution in [0.3, 0.4) is 0 Å². The monoisotopic (exact) mass is 447 g/mol. The van der Waals surface area contributed by atoms with Crippen molar-refractivity contribution in [2.24, 2.45) is 0 Å². The van der Waals surface area contributed by atoms with Crippen LogP contribution in [0.25, 0.3) is 33.8 Å². The average Bonchev–Trinajstić information content (AvgIpc) is 3.43. The molecule has 0 saturated carbocycles. The van der Waals surface area contributed by atoms with Crippen molar-refractivity contribution in [3.8, 4) is 33.8 Å². The second-order valence-corrected chi connectivity index (χ2v) is 7.72. The Balaban J connectivity index is 1.51. The maximum atomic E-state index is 6.16. The molecule has 5 aromatic rings. The molecule has 0 aliphatic heterocycles. The fourth-order valence-electron chi connectivity index (χ4n) is 3.19. The molecular formula is C23H15Cl2N5O. The topological polar surface area (TPSA) is 69.6 Å². The number of nitrogens with zero attached hydrogens (tertiary/aromatic N) is 5. The van der Waals surface area contributed by atoms with E-state index < -0.39 is 0 Å². The van der Waals surface area contributed by atoms with Crippen molar-refractivity contribution in [2.45, 2.75) is 6.54 Å². The van der Waals surface area contributed by atoms with Gasteiger partial charge >= 0.3 is 0 Å². The van der Waals surface area contributed by atoms with E-state index in [2.05, 4.69) is 15.3 Å². The maximum Gasteiger partial charge on any atom is 0.217 e. The van der Waals surface area contributed by atoms with Gasteiger partial charge in [-0.2, -0.15) is 0 Å². The number of pyridine rings is 1. The first-order valence-electron chi connectivity index (χ1n) is 9.48. The summed E-state index contributed by atoms with van der Waals surface area (Å²) in [7, 11) is 0. The predicted molar refractivity (Wildman–Crippen MR) is 120 cm³/mol. The molecule has 3 heterocycles. The van der Waals surface area contributed by atoms with E-state index >= 15 is 0 Å². The Kier molecular flexibility index (Phi) is 5.24. The number of oxazole rings is 1. The molecule has 2 aromatic carbocycles. The van der Waals surface area contributed by atoms with Gasteiger partial charge in [0.05, 0.1) is 6.20 Å². The van der Waals surface area contributed by atoms with E-state index in [0.29, 0.717) is 28.2 Å². The molecule has 8 heteroatoms. The normalized spacial score (nSPS) is 11.0. The molecule has 0 unspecified atom stereocenters. The fraction of sp³-hybridized carbons (Fsp3) is 0.0435. The average molecular weight is 448 g/mol. The smallest absolute Gasteiger partial charge is 0.217 e. The zero-order valence-electron chi connectivity index (χ0n) is 16.1. The standard InChI is InChI=1S/C23H15Cl2N5O/c24-18-7-3-15(4-8-18)22-23(16-5-9-19(25)10-6-16)31-21(27-22)14-30-13-20(28-29-30)17-2-1-11-26-12-17/h1-13H,14H2. The van der Waals surface area contributed by atoms with E-state index in [1.807, 2.05) is 66.9 Å². The molecule has 31 heavy (non-hydrogen) atoms. The van der Waals surface area contributed by atoms with Crippen LogP contribution < -0.4 is 0 Å². The third kappa shape index (κ3) is 4.21. The minimum Gasteiger partial charge on any atom is -0.438 e. The van der Waals surface area contributed by atoms with Crippen molar-refractivity contribution in [1.29, 1.82) is 0 Å². The first kappa shape index (κ1) is 19.5. The lowest BCUT2D eigenvalue weighted by Crippen LogP contribution is -2.00. The summed E-state index contributed by atoms with van der Waals surface area (Å²) < 4.78 is 7.84. The SMILES string of the molecule is Clc1ccc(-c2nc(Cn3cc(-c4cccnc4)nn3)oc2-c2ccc(Cl)cc2)cc1. The van der Waals surface area contributed by atoms with E-state index in [0.717, 1.165) is 28.1 Å². The molecule has 0 radical (unpaired) electrons. The Hall–Kier alpha value is -3.48. The second kappa shape index (κ2) is 8.34. The Labute approximate surface area is 188 Å². The predicted octanol–water partition coefficient (Wildman–Crippen LogP) is 6.02. The van der Waals surface area contributed by atoms with Crippen LogP contribution in [-0.2, 0) is 6.54 Å². The van der Waals surface area contributed by atoms with Gasteiger partial charge in [-0.05, 0) is 48.5 Å². The van der Waals surface area contributed by atoms with E-state index in [1.54, 1.807) is 17.1 Å². The summed E-state index contributed by atoms with van der Waals surface area (Å²) in [5.41, 5.74) is 4.13. The lowest BCUT2D eigenvalue weighted by molar-refractivity contribution is 0.469. The summed E-state index contributed by atoms with van der Waals surface area (Å²) in [6, 6.07) is 18.7. The van der Waals surface area contributed by atoms with Crippen molar-refractivity contribution in [3.05, 3.63) is 95.2 Å². The van der Waals surface area contributed by atoms with Gasteiger partial charge in [-0.25, -0.2) is 9.67 Å². The van der Waals surface area contributed by atoms with E-state index in [9.17, 15) is 0 Å². The number of hydrogen-bond donors (Lipinski definition) is 0. The quantitative estimate of drug-likeness (QED) is 0.329. The summed E-state index contributed by atoms with van der Waals surface area (Å²) in [5, 5.41) is 9.73. The summed E-state index contributed by atoms with van der Waals surface area (Å²) in [5.74, 6) is 1.17. The molecule has 5 rings (SSSR count). The lowest BCUT2D eigenvalue weighted by atomic mass is 10.1. The van der Waals surface area contributed by atoms with Gasteiger partial charge in [0.1, 0.15) is 17.9 Å². The third-order valence-corrected chi connectivity index (χ3v) is 5.19. The zero-order chi connectivity index (χ0) is 21.2. The van der Waals surface area contributed by atoms with Gasteiger partial charge in [0.15, 0.2) is 5.76 Å². The Morgan fingerprint density at radius 3 is 2.23 bits per heavy atom. The van der Waals surface area contributed by atoms with E-state index in [-0.39, 0.29) is 0 Å². The van der Waals surface area contributed by atoms with Crippen molar-refractivity contribution in [1.82, 2.24) is 25.0 Å². The van der Waals surface area contributed by atoms with Crippen LogP contribution in [0.2, 0.25) is 10.0 Å². The summed E-state index contributed by atoms with van der Waals surface area (Å²) in [6.07, 6.45) is 5.30. The summed E-state index contributed by atoms with van der Waals surface area (Å²) in [6.45, 7) is 0.335. The molecule has 152 valence electrons. The molecule has 0 aliphatic carbocycles. The van der Waals surface area contributed by atoms with Crippen LogP contribution in [0, 0.1) is 0 Å². The zero-order valence-corrected chi connectivity index (χ0v) is 17.6. The molecule has 0 amide bonds. The number of rotatable bonds is 5. The molecule has 0 aliphatic rings. The molecule has 0 bridgehead atoms. The summed E-state index contributed by atoms with van der Waals surface area (Å²) in [4.78, 5) is 8.86. The van der Waals surface area contributed by atoms with E-state index in [1.165, 1.54) is 0 Å². The molecule has 6 nitrogen and oxygen atoms in total. The Bertz CT molecular complexity index is 1250. The third-order valence-electron chi connectivity index (χ3n) is 4.69. The van der Waals surface area contributed by atoms with Crippen molar-refractivity contribution in [2.75, 3.05) is 0 Å². The molecule has 0 saturated heterocycles. The highest BCUT2D eigenvalue weighted by Gasteiger charge is 2.18. The minimum absolute atomic E-state index is 0.335. The van der Waals surface area contributed by atoms with Gasteiger partial charge in [-0.15, -0.1) is 5.10 Å². The van der Waals surface area contributed by atoms with Gasteiger partial charge in [0.25, 0.3) is 0 Å². The van der Waals surface area contributed by atoms with Crippen LogP contribution in [0.5, 0.6) is 0 Å². The van der Waals surface area contributed by atoms with Gasteiger partial charge in [0, 0.05) is 39.1 Å².